The van der Waals surface area contributed by atoms with Crippen LogP contribution < -0.4 is 14.8 Å². The van der Waals surface area contributed by atoms with E-state index in [9.17, 15) is 4.79 Å². The molecule has 0 saturated carbocycles. The molecule has 170 valence electrons. The van der Waals surface area contributed by atoms with Crippen LogP contribution in [0.2, 0.25) is 0 Å². The molecule has 0 spiro atoms. The van der Waals surface area contributed by atoms with E-state index in [1.54, 1.807) is 7.11 Å². The molecular formula is C25H31N3O4. The minimum atomic E-state index is -0.172. The number of nitrogens with one attached hydrogen (secondary N) is 1. The number of hydrogen-bond acceptors (Lipinski definition) is 5. The van der Waals surface area contributed by atoms with Gasteiger partial charge >= 0.3 is 0 Å². The minimum Gasteiger partial charge on any atom is -0.497 e. The van der Waals surface area contributed by atoms with E-state index in [2.05, 4.69) is 47.0 Å². The van der Waals surface area contributed by atoms with Gasteiger partial charge in [-0.15, -0.1) is 0 Å². The molecule has 0 saturated heterocycles. The Balaban J connectivity index is 1.59. The third kappa shape index (κ3) is 4.74. The van der Waals surface area contributed by atoms with Crippen molar-refractivity contribution in [2.75, 3.05) is 39.3 Å². The summed E-state index contributed by atoms with van der Waals surface area (Å²) in [5.74, 6) is 1.55. The van der Waals surface area contributed by atoms with Crippen molar-refractivity contribution in [1.82, 2.24) is 9.47 Å². The molecule has 0 aliphatic carbocycles. The Morgan fingerprint density at radius 2 is 2.03 bits per heavy atom. The summed E-state index contributed by atoms with van der Waals surface area (Å²) < 4.78 is 18.7. The summed E-state index contributed by atoms with van der Waals surface area (Å²) in [7, 11) is 3.21. The molecule has 1 N–H and O–H groups in total. The third-order valence-electron chi connectivity index (χ3n) is 5.75. The molecule has 0 bridgehead atoms. The van der Waals surface area contributed by atoms with Crippen molar-refractivity contribution in [2.45, 2.75) is 33.0 Å². The lowest BCUT2D eigenvalue weighted by Crippen LogP contribution is -2.25. The third-order valence-corrected chi connectivity index (χ3v) is 5.75. The number of hydrogen-bond donors (Lipinski definition) is 1. The second kappa shape index (κ2) is 9.63. The van der Waals surface area contributed by atoms with E-state index in [0.29, 0.717) is 12.6 Å². The highest BCUT2D eigenvalue weighted by Gasteiger charge is 2.19. The number of methoxy groups -OCH3 is 2. The van der Waals surface area contributed by atoms with Gasteiger partial charge < -0.3 is 24.1 Å². The lowest BCUT2D eigenvalue weighted by Gasteiger charge is -2.19. The van der Waals surface area contributed by atoms with Crippen LogP contribution in [0.4, 0.5) is 5.69 Å². The highest BCUT2D eigenvalue weighted by molar-refractivity contribution is 5.91. The van der Waals surface area contributed by atoms with Gasteiger partial charge in [-0.05, 0) is 55.8 Å². The number of carbonyl (C=O) groups is 1. The molecule has 0 atom stereocenters. The fraction of sp³-hybridized carbons (Fsp3) is 0.400. The van der Waals surface area contributed by atoms with Crippen LogP contribution in [0.25, 0.3) is 10.9 Å². The summed E-state index contributed by atoms with van der Waals surface area (Å²) in [6, 6.07) is 12.4. The number of rotatable bonds is 7. The molecule has 7 nitrogen and oxygen atoms in total. The zero-order chi connectivity index (χ0) is 22.7. The summed E-state index contributed by atoms with van der Waals surface area (Å²) in [6.45, 7) is 7.40. The second-order valence-corrected chi connectivity index (χ2v) is 8.40. The van der Waals surface area contributed by atoms with Crippen LogP contribution in [0.5, 0.6) is 11.5 Å². The molecule has 7 heteroatoms. The molecule has 1 aliphatic heterocycles. The Morgan fingerprint density at radius 1 is 1.19 bits per heavy atom. The largest absolute Gasteiger partial charge is 0.497 e. The summed E-state index contributed by atoms with van der Waals surface area (Å²) in [4.78, 5) is 14.3. The highest BCUT2D eigenvalue weighted by atomic mass is 16.5. The van der Waals surface area contributed by atoms with E-state index in [4.69, 9.17) is 14.2 Å². The zero-order valence-electron chi connectivity index (χ0n) is 19.2. The van der Waals surface area contributed by atoms with Crippen molar-refractivity contribution in [3.05, 3.63) is 53.7 Å². The number of ether oxygens (including phenoxy) is 3. The molecule has 32 heavy (non-hydrogen) atoms. The summed E-state index contributed by atoms with van der Waals surface area (Å²) in [5, 5.41) is 4.09. The van der Waals surface area contributed by atoms with Crippen molar-refractivity contribution in [3.63, 3.8) is 0 Å². The lowest BCUT2D eigenvalue weighted by molar-refractivity contribution is -0.119. The van der Waals surface area contributed by atoms with E-state index in [-0.39, 0.29) is 12.5 Å². The normalized spacial score (nSPS) is 14.2. The Hall–Kier alpha value is -3.03. The van der Waals surface area contributed by atoms with Gasteiger partial charge in [-0.2, -0.15) is 0 Å². The monoisotopic (exact) mass is 437 g/mol. The predicted octanol–water partition coefficient (Wildman–Crippen LogP) is 4.21. The Labute approximate surface area is 188 Å². The highest BCUT2D eigenvalue weighted by Crippen LogP contribution is 2.31. The maximum absolute atomic E-state index is 11.9. The van der Waals surface area contributed by atoms with Crippen LogP contribution in [0.1, 0.15) is 31.0 Å². The van der Waals surface area contributed by atoms with Gasteiger partial charge in [0.05, 0.1) is 7.11 Å². The molecule has 2 aromatic carbocycles. The number of carbonyl (C=O) groups excluding carboxylic acids is 1. The average Bonchev–Trinajstić information content (AvgIpc) is 3.00. The van der Waals surface area contributed by atoms with Crippen molar-refractivity contribution in [3.8, 4) is 11.5 Å². The first kappa shape index (κ1) is 22.2. The van der Waals surface area contributed by atoms with E-state index in [1.807, 2.05) is 24.3 Å². The molecule has 0 fully saturated rings. The fourth-order valence-corrected chi connectivity index (χ4v) is 4.21. The van der Waals surface area contributed by atoms with Crippen LogP contribution in [0.15, 0.2) is 42.6 Å². The predicted molar refractivity (Wildman–Crippen MR) is 125 cm³/mol. The average molecular weight is 438 g/mol. The molecule has 2 heterocycles. The first-order valence-electron chi connectivity index (χ1n) is 10.9. The zero-order valence-corrected chi connectivity index (χ0v) is 19.2. The SMILES string of the molecule is COCC(=O)Nc1ccc2c(c1)CN(Cc1cn(C(C)C)c3ccc(OC)cc13)CCO2. The smallest absolute Gasteiger partial charge is 0.250 e. The number of anilines is 1. The van der Waals surface area contributed by atoms with Crippen LogP contribution in [-0.4, -0.2) is 49.4 Å². The summed E-state index contributed by atoms with van der Waals surface area (Å²) in [5.41, 5.74) is 4.28. The van der Waals surface area contributed by atoms with E-state index < -0.39 is 0 Å². The van der Waals surface area contributed by atoms with Gasteiger partial charge in [-0.1, -0.05) is 0 Å². The fourth-order valence-electron chi connectivity index (χ4n) is 4.21. The molecule has 1 amide bonds. The number of amides is 1. The van der Waals surface area contributed by atoms with Gasteiger partial charge in [-0.25, -0.2) is 0 Å². The maximum Gasteiger partial charge on any atom is 0.250 e. The van der Waals surface area contributed by atoms with Gasteiger partial charge in [0, 0.05) is 61.1 Å². The summed E-state index contributed by atoms with van der Waals surface area (Å²) in [6.07, 6.45) is 2.25. The van der Waals surface area contributed by atoms with E-state index >= 15 is 0 Å². The molecule has 1 aromatic heterocycles. The van der Waals surface area contributed by atoms with Gasteiger partial charge in [0.1, 0.15) is 24.7 Å². The molecule has 4 rings (SSSR count). The van der Waals surface area contributed by atoms with Gasteiger partial charge in [-0.3, -0.25) is 9.69 Å². The number of benzene rings is 2. The van der Waals surface area contributed by atoms with Crippen LogP contribution in [0.3, 0.4) is 0 Å². The van der Waals surface area contributed by atoms with Gasteiger partial charge in [0.15, 0.2) is 0 Å². The molecule has 3 aromatic rings. The molecule has 1 aliphatic rings. The number of nitrogens with zero attached hydrogens (tertiary/aromatic N) is 2. The van der Waals surface area contributed by atoms with Crippen molar-refractivity contribution in [1.29, 1.82) is 0 Å². The second-order valence-electron chi connectivity index (χ2n) is 8.40. The summed E-state index contributed by atoms with van der Waals surface area (Å²) >= 11 is 0. The Morgan fingerprint density at radius 3 is 2.78 bits per heavy atom. The number of fused-ring (bicyclic) bond motifs is 2. The number of aromatic nitrogens is 1. The van der Waals surface area contributed by atoms with Crippen LogP contribution >= 0.6 is 0 Å². The van der Waals surface area contributed by atoms with Gasteiger partial charge in [0.25, 0.3) is 0 Å². The maximum atomic E-state index is 11.9. The van der Waals surface area contributed by atoms with E-state index in [0.717, 1.165) is 42.4 Å². The lowest BCUT2D eigenvalue weighted by atomic mass is 10.1. The molecular weight excluding hydrogens is 406 g/mol. The van der Waals surface area contributed by atoms with Gasteiger partial charge in [0.2, 0.25) is 5.91 Å². The Bertz CT molecular complexity index is 1110. The first-order valence-corrected chi connectivity index (χ1v) is 10.9. The molecule has 0 radical (unpaired) electrons. The van der Waals surface area contributed by atoms with Crippen LogP contribution in [-0.2, 0) is 22.6 Å². The quantitative estimate of drug-likeness (QED) is 0.600. The topological polar surface area (TPSA) is 65.0 Å². The van der Waals surface area contributed by atoms with Crippen LogP contribution in [0, 0.1) is 0 Å². The standard InChI is InChI=1S/C25H31N3O4/c1-17(2)28-15-19(22-12-21(31-4)6-7-23(22)28)14-27-9-10-32-24-8-5-20(11-18(24)13-27)26-25(29)16-30-3/h5-8,11-12,15,17H,9-10,13-14,16H2,1-4H3,(H,26,29). The van der Waals surface area contributed by atoms with Crippen molar-refractivity contribution < 1.29 is 19.0 Å². The minimum absolute atomic E-state index is 0.0308. The van der Waals surface area contributed by atoms with Crippen molar-refractivity contribution in [2.24, 2.45) is 0 Å². The Kier molecular flexibility index (Phi) is 6.67. The van der Waals surface area contributed by atoms with Crippen molar-refractivity contribution >= 4 is 22.5 Å². The van der Waals surface area contributed by atoms with E-state index in [1.165, 1.54) is 23.6 Å². The first-order chi connectivity index (χ1) is 15.5. The molecule has 0 unspecified atom stereocenters.